The summed E-state index contributed by atoms with van der Waals surface area (Å²) in [4.78, 5) is 15.7. The molecule has 3 aromatic carbocycles. The monoisotopic (exact) mass is 376 g/mol. The number of hydrogen-bond acceptors (Lipinski definition) is 1. The summed E-state index contributed by atoms with van der Waals surface area (Å²) in [5.41, 5.74) is 3.06. The number of aromatic nitrogens is 1. The summed E-state index contributed by atoms with van der Waals surface area (Å²) in [6, 6.07) is 20.6. The second-order valence-electron chi connectivity index (χ2n) is 6.62. The first-order chi connectivity index (χ1) is 13.6. The number of carbonyl (C=O) groups is 1. The highest BCUT2D eigenvalue weighted by Gasteiger charge is 2.19. The molecule has 0 unspecified atom stereocenters. The van der Waals surface area contributed by atoms with Crippen molar-refractivity contribution in [3.8, 4) is 0 Å². The fourth-order valence-corrected chi connectivity index (χ4v) is 3.46. The second-order valence-corrected chi connectivity index (χ2v) is 6.62. The quantitative estimate of drug-likeness (QED) is 0.505. The average molecular weight is 376 g/mol. The molecule has 1 heterocycles. The number of carbonyl (C=O) groups excluding carboxylic acids is 1. The van der Waals surface area contributed by atoms with E-state index in [-0.39, 0.29) is 11.5 Å². The van der Waals surface area contributed by atoms with E-state index >= 15 is 0 Å². The zero-order valence-corrected chi connectivity index (χ0v) is 15.0. The number of nitrogens with one attached hydrogen (secondary N) is 2. The molecule has 3 nitrogen and oxygen atoms in total. The molecule has 1 aromatic heterocycles. The second kappa shape index (κ2) is 7.64. The first-order valence-corrected chi connectivity index (χ1v) is 8.97. The number of halogens is 2. The Labute approximate surface area is 161 Å². The lowest BCUT2D eigenvalue weighted by Gasteiger charge is -2.18. The molecule has 0 bridgehead atoms. The van der Waals surface area contributed by atoms with Crippen molar-refractivity contribution in [2.45, 2.75) is 5.92 Å². The van der Waals surface area contributed by atoms with Gasteiger partial charge in [-0.15, -0.1) is 0 Å². The van der Waals surface area contributed by atoms with Gasteiger partial charge in [-0.2, -0.15) is 0 Å². The topological polar surface area (TPSA) is 44.9 Å². The van der Waals surface area contributed by atoms with E-state index in [0.717, 1.165) is 40.2 Å². The lowest BCUT2D eigenvalue weighted by atomic mass is 9.91. The highest BCUT2D eigenvalue weighted by Crippen LogP contribution is 2.30. The van der Waals surface area contributed by atoms with Gasteiger partial charge in [0.15, 0.2) is 0 Å². The van der Waals surface area contributed by atoms with E-state index in [1.54, 1.807) is 0 Å². The SMILES string of the molecule is O=C(NC[C@H](c1ccccc1)c1c[nH]c2ccccc12)c1cc(F)cc(F)c1. The summed E-state index contributed by atoms with van der Waals surface area (Å²) < 4.78 is 26.9. The predicted octanol–water partition coefficient (Wildman–Crippen LogP) is 5.01. The minimum absolute atomic E-state index is 0.0387. The molecule has 0 radical (unpaired) electrons. The van der Waals surface area contributed by atoms with Gasteiger partial charge in [-0.3, -0.25) is 4.79 Å². The van der Waals surface area contributed by atoms with Crippen molar-refractivity contribution in [3.05, 3.63) is 107 Å². The molecule has 28 heavy (non-hydrogen) atoms. The van der Waals surface area contributed by atoms with Gasteiger partial charge >= 0.3 is 0 Å². The zero-order valence-electron chi connectivity index (χ0n) is 15.0. The fraction of sp³-hybridized carbons (Fsp3) is 0.0870. The Balaban J connectivity index is 1.64. The minimum atomic E-state index is -0.776. The lowest BCUT2D eigenvalue weighted by molar-refractivity contribution is 0.0951. The maximum atomic E-state index is 13.4. The van der Waals surface area contributed by atoms with Crippen LogP contribution in [0.5, 0.6) is 0 Å². The summed E-state index contributed by atoms with van der Waals surface area (Å²) in [5, 5.41) is 3.89. The van der Waals surface area contributed by atoms with E-state index in [1.165, 1.54) is 0 Å². The zero-order chi connectivity index (χ0) is 19.5. The van der Waals surface area contributed by atoms with E-state index in [2.05, 4.69) is 10.3 Å². The number of amides is 1. The number of rotatable bonds is 5. The number of para-hydroxylation sites is 1. The lowest BCUT2D eigenvalue weighted by Crippen LogP contribution is -2.29. The number of H-pyrrole nitrogens is 1. The van der Waals surface area contributed by atoms with Gasteiger partial charge in [-0.1, -0.05) is 48.5 Å². The van der Waals surface area contributed by atoms with Crippen LogP contribution in [0.4, 0.5) is 8.78 Å². The minimum Gasteiger partial charge on any atom is -0.361 e. The molecule has 0 aliphatic carbocycles. The summed E-state index contributed by atoms with van der Waals surface area (Å²) in [6.07, 6.45) is 1.94. The molecular formula is C23H18F2N2O. The molecule has 0 saturated carbocycles. The van der Waals surface area contributed by atoms with Crippen molar-refractivity contribution in [2.75, 3.05) is 6.54 Å². The normalized spacial score (nSPS) is 12.1. The Bertz CT molecular complexity index is 1100. The van der Waals surface area contributed by atoms with Crippen LogP contribution in [0.3, 0.4) is 0 Å². The third kappa shape index (κ3) is 3.64. The van der Waals surface area contributed by atoms with Crippen molar-refractivity contribution in [3.63, 3.8) is 0 Å². The van der Waals surface area contributed by atoms with Gasteiger partial charge in [0, 0.05) is 41.2 Å². The van der Waals surface area contributed by atoms with Gasteiger partial charge in [0.05, 0.1) is 0 Å². The van der Waals surface area contributed by atoms with Gasteiger partial charge < -0.3 is 10.3 Å². The molecule has 0 aliphatic heterocycles. The van der Waals surface area contributed by atoms with Crippen LogP contribution in [-0.2, 0) is 0 Å². The molecule has 0 spiro atoms. The molecular weight excluding hydrogens is 358 g/mol. The van der Waals surface area contributed by atoms with Crippen molar-refractivity contribution in [1.29, 1.82) is 0 Å². The fourth-order valence-electron chi connectivity index (χ4n) is 3.46. The maximum absolute atomic E-state index is 13.4. The van der Waals surface area contributed by atoms with Gasteiger partial charge in [-0.25, -0.2) is 8.78 Å². The van der Waals surface area contributed by atoms with E-state index in [1.807, 2.05) is 60.8 Å². The summed E-state index contributed by atoms with van der Waals surface area (Å²) >= 11 is 0. The Kier molecular flexibility index (Phi) is 4.89. The first kappa shape index (κ1) is 17.9. The molecule has 2 N–H and O–H groups in total. The van der Waals surface area contributed by atoms with Crippen molar-refractivity contribution < 1.29 is 13.6 Å². The van der Waals surface area contributed by atoms with Crippen LogP contribution in [0, 0.1) is 11.6 Å². The molecule has 0 aliphatic rings. The Hall–Kier alpha value is -3.47. The molecule has 5 heteroatoms. The number of hydrogen-bond donors (Lipinski definition) is 2. The van der Waals surface area contributed by atoms with Crippen LogP contribution in [-0.4, -0.2) is 17.4 Å². The number of aromatic amines is 1. The van der Waals surface area contributed by atoms with Gasteiger partial charge in [0.25, 0.3) is 5.91 Å². The van der Waals surface area contributed by atoms with Crippen LogP contribution in [0.15, 0.2) is 79.0 Å². The standard InChI is InChI=1S/C23H18F2N2O/c24-17-10-16(11-18(25)12-17)23(28)27-13-20(15-6-2-1-3-7-15)21-14-26-22-9-5-4-8-19(21)22/h1-12,14,20,26H,13H2,(H,27,28)/t20-/m1/s1. The van der Waals surface area contributed by atoms with Gasteiger partial charge in [0.1, 0.15) is 11.6 Å². The molecule has 1 atom stereocenters. The first-order valence-electron chi connectivity index (χ1n) is 8.97. The third-order valence-corrected chi connectivity index (χ3v) is 4.79. The van der Waals surface area contributed by atoms with Gasteiger partial charge in [-0.05, 0) is 29.3 Å². The van der Waals surface area contributed by atoms with Gasteiger partial charge in [0.2, 0.25) is 0 Å². The van der Waals surface area contributed by atoms with E-state index in [4.69, 9.17) is 0 Å². The highest BCUT2D eigenvalue weighted by atomic mass is 19.1. The number of fused-ring (bicyclic) bond motifs is 1. The van der Waals surface area contributed by atoms with E-state index in [0.29, 0.717) is 6.54 Å². The molecule has 0 fully saturated rings. The van der Waals surface area contributed by atoms with Crippen molar-refractivity contribution in [2.24, 2.45) is 0 Å². The predicted molar refractivity (Wildman–Crippen MR) is 105 cm³/mol. The Morgan fingerprint density at radius 1 is 0.929 bits per heavy atom. The van der Waals surface area contributed by atoms with Crippen LogP contribution in [0.1, 0.15) is 27.4 Å². The third-order valence-electron chi connectivity index (χ3n) is 4.79. The van der Waals surface area contributed by atoms with E-state index < -0.39 is 17.5 Å². The average Bonchev–Trinajstić information content (AvgIpc) is 3.12. The smallest absolute Gasteiger partial charge is 0.251 e. The number of benzene rings is 3. The van der Waals surface area contributed by atoms with E-state index in [9.17, 15) is 13.6 Å². The molecule has 1 amide bonds. The molecule has 4 rings (SSSR count). The summed E-state index contributed by atoms with van der Waals surface area (Å²) in [7, 11) is 0. The maximum Gasteiger partial charge on any atom is 0.251 e. The van der Waals surface area contributed by atoms with Crippen molar-refractivity contribution in [1.82, 2.24) is 10.3 Å². The van der Waals surface area contributed by atoms with Crippen LogP contribution in [0.2, 0.25) is 0 Å². The summed E-state index contributed by atoms with van der Waals surface area (Å²) in [6.45, 7) is 0.294. The molecule has 140 valence electrons. The van der Waals surface area contributed by atoms with Crippen LogP contribution in [0.25, 0.3) is 10.9 Å². The molecule has 4 aromatic rings. The summed E-state index contributed by atoms with van der Waals surface area (Å²) in [5.74, 6) is -2.18. The van der Waals surface area contributed by atoms with Crippen LogP contribution >= 0.6 is 0 Å². The van der Waals surface area contributed by atoms with Crippen LogP contribution < -0.4 is 5.32 Å². The Morgan fingerprint density at radius 3 is 2.36 bits per heavy atom. The van der Waals surface area contributed by atoms with Crippen molar-refractivity contribution >= 4 is 16.8 Å². The largest absolute Gasteiger partial charge is 0.361 e. The molecule has 0 saturated heterocycles. The highest BCUT2D eigenvalue weighted by molar-refractivity contribution is 5.94. The Morgan fingerprint density at radius 2 is 1.61 bits per heavy atom.